The zero-order chi connectivity index (χ0) is 22.0. The molecule has 1 aliphatic heterocycles. The number of ether oxygens (including phenoxy) is 2. The number of nitrogens with one attached hydrogen (secondary N) is 1. The maximum Gasteiger partial charge on any atom is 0.325 e. The van der Waals surface area contributed by atoms with Crippen LogP contribution >= 0.6 is 0 Å². The number of hydrogen-bond donors (Lipinski definition) is 1. The maximum atomic E-state index is 13.3. The quantitative estimate of drug-likeness (QED) is 0.583. The average molecular weight is 422 g/mol. The third-order valence-electron chi connectivity index (χ3n) is 5.40. The van der Waals surface area contributed by atoms with E-state index in [-0.39, 0.29) is 18.3 Å². The fourth-order valence-corrected chi connectivity index (χ4v) is 3.68. The second-order valence-electron chi connectivity index (χ2n) is 7.02. The van der Waals surface area contributed by atoms with Crippen molar-refractivity contribution in [1.29, 1.82) is 0 Å². The molecule has 0 spiro atoms. The molecule has 1 fully saturated rings. The number of aromatic nitrogens is 2. The van der Waals surface area contributed by atoms with Crippen molar-refractivity contribution in [2.24, 2.45) is 0 Å². The van der Waals surface area contributed by atoms with Crippen molar-refractivity contribution < 1.29 is 23.6 Å². The molecule has 2 aromatic carbocycles. The van der Waals surface area contributed by atoms with E-state index in [2.05, 4.69) is 15.5 Å². The third-order valence-corrected chi connectivity index (χ3v) is 5.40. The van der Waals surface area contributed by atoms with Crippen molar-refractivity contribution in [2.75, 3.05) is 14.2 Å². The Balaban J connectivity index is 1.59. The van der Waals surface area contributed by atoms with Gasteiger partial charge in [0.2, 0.25) is 11.7 Å². The van der Waals surface area contributed by atoms with E-state index < -0.39 is 11.6 Å². The monoisotopic (exact) mass is 422 g/mol. The van der Waals surface area contributed by atoms with Crippen LogP contribution in [0, 0.1) is 0 Å². The van der Waals surface area contributed by atoms with Crippen LogP contribution in [0.25, 0.3) is 11.4 Å². The van der Waals surface area contributed by atoms with Gasteiger partial charge >= 0.3 is 6.03 Å². The van der Waals surface area contributed by atoms with E-state index in [0.717, 1.165) is 4.90 Å². The van der Waals surface area contributed by atoms with Crippen molar-refractivity contribution in [3.8, 4) is 22.9 Å². The Bertz CT molecular complexity index is 1110. The molecule has 0 saturated carbocycles. The van der Waals surface area contributed by atoms with Crippen LogP contribution in [0.15, 0.2) is 53.1 Å². The van der Waals surface area contributed by atoms with Gasteiger partial charge in [-0.25, -0.2) is 4.79 Å². The number of amides is 3. The smallest absolute Gasteiger partial charge is 0.325 e. The first-order chi connectivity index (χ1) is 15.0. The molecule has 1 aliphatic rings. The summed E-state index contributed by atoms with van der Waals surface area (Å²) in [4.78, 5) is 31.4. The van der Waals surface area contributed by atoms with Crippen molar-refractivity contribution in [1.82, 2.24) is 20.4 Å². The van der Waals surface area contributed by atoms with E-state index in [9.17, 15) is 9.59 Å². The Hall–Kier alpha value is -3.88. The highest BCUT2D eigenvalue weighted by Gasteiger charge is 2.51. The summed E-state index contributed by atoms with van der Waals surface area (Å²) < 4.78 is 15.8. The maximum absolute atomic E-state index is 13.3. The Morgan fingerprint density at radius 1 is 1.06 bits per heavy atom. The first kappa shape index (κ1) is 20.4. The summed E-state index contributed by atoms with van der Waals surface area (Å²) in [5.74, 6) is 1.34. The third kappa shape index (κ3) is 3.48. The SMILES string of the molecule is CC[C@@]1(c2ccc(OC)cc2)NC(=O)N(Cc2nc(-c3ccccc3OC)no2)C1=O. The number of methoxy groups -OCH3 is 2. The minimum absolute atomic E-state index is 0.134. The molecule has 1 N–H and O–H groups in total. The first-order valence-electron chi connectivity index (χ1n) is 9.77. The topological polar surface area (TPSA) is 107 Å². The standard InChI is InChI=1S/C22H22N4O5/c1-4-22(14-9-11-15(29-2)12-10-14)20(27)26(21(28)24-22)13-18-23-19(25-31-18)16-7-5-6-8-17(16)30-3/h5-12H,4,13H2,1-3H3,(H,24,28)/t22-/m0/s1. The van der Waals surface area contributed by atoms with Crippen LogP contribution in [0.5, 0.6) is 11.5 Å². The normalized spacial score (nSPS) is 18.2. The second kappa shape index (κ2) is 8.10. The highest BCUT2D eigenvalue weighted by molar-refractivity contribution is 6.07. The number of benzene rings is 2. The molecule has 0 bridgehead atoms. The average Bonchev–Trinajstić information content (AvgIpc) is 3.38. The number of nitrogens with zero attached hydrogens (tertiary/aromatic N) is 3. The highest BCUT2D eigenvalue weighted by atomic mass is 16.5. The Kier molecular flexibility index (Phi) is 5.33. The van der Waals surface area contributed by atoms with Crippen LogP contribution in [-0.2, 0) is 16.9 Å². The second-order valence-corrected chi connectivity index (χ2v) is 7.02. The van der Waals surface area contributed by atoms with Crippen LogP contribution in [0.1, 0.15) is 24.8 Å². The van der Waals surface area contributed by atoms with E-state index >= 15 is 0 Å². The van der Waals surface area contributed by atoms with Gasteiger partial charge in [0.25, 0.3) is 5.91 Å². The Labute approximate surface area is 179 Å². The van der Waals surface area contributed by atoms with Gasteiger partial charge in [0.15, 0.2) is 0 Å². The van der Waals surface area contributed by atoms with Crippen LogP contribution in [0.3, 0.4) is 0 Å². The van der Waals surface area contributed by atoms with Crippen molar-refractivity contribution in [3.05, 3.63) is 60.0 Å². The van der Waals surface area contributed by atoms with Crippen molar-refractivity contribution >= 4 is 11.9 Å². The molecule has 9 heteroatoms. The molecule has 3 aromatic rings. The van der Waals surface area contributed by atoms with Crippen LogP contribution in [0.4, 0.5) is 4.79 Å². The summed E-state index contributed by atoms with van der Waals surface area (Å²) in [5.41, 5.74) is 0.171. The Morgan fingerprint density at radius 3 is 2.48 bits per heavy atom. The zero-order valence-corrected chi connectivity index (χ0v) is 17.4. The molecule has 31 heavy (non-hydrogen) atoms. The van der Waals surface area contributed by atoms with E-state index in [0.29, 0.717) is 34.9 Å². The molecule has 2 heterocycles. The van der Waals surface area contributed by atoms with Gasteiger partial charge in [0.05, 0.1) is 19.8 Å². The fourth-order valence-electron chi connectivity index (χ4n) is 3.68. The number of carbonyl (C=O) groups is 2. The van der Waals surface area contributed by atoms with E-state index in [1.54, 1.807) is 50.6 Å². The minimum atomic E-state index is -1.16. The molecule has 1 aromatic heterocycles. The number of urea groups is 1. The van der Waals surface area contributed by atoms with Gasteiger partial charge in [-0.1, -0.05) is 36.3 Å². The molecule has 1 saturated heterocycles. The van der Waals surface area contributed by atoms with Gasteiger partial charge in [-0.2, -0.15) is 4.98 Å². The molecule has 3 amide bonds. The summed E-state index contributed by atoms with van der Waals surface area (Å²) in [6.45, 7) is 1.71. The lowest BCUT2D eigenvalue weighted by Crippen LogP contribution is -2.43. The molecule has 9 nitrogen and oxygen atoms in total. The largest absolute Gasteiger partial charge is 0.497 e. The lowest BCUT2D eigenvalue weighted by atomic mass is 9.87. The van der Waals surface area contributed by atoms with Gasteiger partial charge in [-0.3, -0.25) is 9.69 Å². The number of carbonyl (C=O) groups excluding carboxylic acids is 2. The predicted molar refractivity (Wildman–Crippen MR) is 110 cm³/mol. The van der Waals surface area contributed by atoms with Crippen LogP contribution < -0.4 is 14.8 Å². The highest BCUT2D eigenvalue weighted by Crippen LogP contribution is 2.34. The molecule has 0 unspecified atom stereocenters. The Morgan fingerprint density at radius 2 is 1.81 bits per heavy atom. The lowest BCUT2D eigenvalue weighted by Gasteiger charge is -2.25. The fraction of sp³-hybridized carbons (Fsp3) is 0.273. The number of rotatable bonds is 7. The molecule has 4 rings (SSSR count). The van der Waals surface area contributed by atoms with Crippen LogP contribution in [0.2, 0.25) is 0 Å². The molecular weight excluding hydrogens is 400 g/mol. The molecule has 1 atom stereocenters. The molecule has 0 aliphatic carbocycles. The number of imide groups is 1. The van der Waals surface area contributed by atoms with Crippen molar-refractivity contribution in [3.63, 3.8) is 0 Å². The lowest BCUT2D eigenvalue weighted by molar-refractivity contribution is -0.132. The zero-order valence-electron chi connectivity index (χ0n) is 17.4. The summed E-state index contributed by atoms with van der Waals surface area (Å²) in [6.07, 6.45) is 0.386. The predicted octanol–water partition coefficient (Wildman–Crippen LogP) is 3.11. The van der Waals surface area contributed by atoms with Gasteiger partial charge < -0.3 is 19.3 Å². The molecular formula is C22H22N4O5. The van der Waals surface area contributed by atoms with E-state index in [1.165, 1.54) is 0 Å². The molecule has 0 radical (unpaired) electrons. The molecule has 160 valence electrons. The summed E-state index contributed by atoms with van der Waals surface area (Å²) >= 11 is 0. The minimum Gasteiger partial charge on any atom is -0.497 e. The van der Waals surface area contributed by atoms with E-state index in [1.807, 2.05) is 19.1 Å². The van der Waals surface area contributed by atoms with Gasteiger partial charge in [0.1, 0.15) is 23.6 Å². The first-order valence-corrected chi connectivity index (χ1v) is 9.77. The van der Waals surface area contributed by atoms with Gasteiger partial charge in [-0.05, 0) is 36.2 Å². The van der Waals surface area contributed by atoms with E-state index in [4.69, 9.17) is 14.0 Å². The van der Waals surface area contributed by atoms with Crippen molar-refractivity contribution in [2.45, 2.75) is 25.4 Å². The van der Waals surface area contributed by atoms with Gasteiger partial charge in [-0.15, -0.1) is 0 Å². The number of hydrogen-bond acceptors (Lipinski definition) is 7. The summed E-state index contributed by atoms with van der Waals surface area (Å²) in [6, 6.07) is 13.8. The van der Waals surface area contributed by atoms with Gasteiger partial charge in [0, 0.05) is 0 Å². The summed E-state index contributed by atoms with van der Waals surface area (Å²) in [5, 5.41) is 6.81. The summed E-state index contributed by atoms with van der Waals surface area (Å²) in [7, 11) is 3.12. The van der Waals surface area contributed by atoms with Crippen LogP contribution in [-0.4, -0.2) is 41.2 Å². The number of para-hydroxylation sites is 1.